The number of carbonyl (C=O) groups excluding carboxylic acids is 1. The van der Waals surface area contributed by atoms with Gasteiger partial charge in [-0.3, -0.25) is 4.79 Å². The van der Waals surface area contributed by atoms with Crippen LogP contribution in [-0.2, 0) is 6.42 Å². The number of hydrogen-bond acceptors (Lipinski definition) is 7. The molecule has 31 heavy (non-hydrogen) atoms. The highest BCUT2D eigenvalue weighted by Crippen LogP contribution is 2.42. The zero-order valence-corrected chi connectivity index (χ0v) is 18.2. The molecule has 2 aromatic carbocycles. The average Bonchev–Trinajstić information content (AvgIpc) is 2.78. The number of fused-ring (bicyclic) bond motifs is 1. The Morgan fingerprint density at radius 3 is 2.10 bits per heavy atom. The van der Waals surface area contributed by atoms with Crippen LogP contribution in [0, 0.1) is 0 Å². The van der Waals surface area contributed by atoms with Gasteiger partial charge in [-0.15, -0.1) is 0 Å². The number of amides is 1. The van der Waals surface area contributed by atoms with E-state index in [0.29, 0.717) is 29.1 Å². The topological polar surface area (TPSA) is 96.2 Å². The Hall–Kier alpha value is -3.68. The number of aryl methyl sites for hydroxylation is 1. The summed E-state index contributed by atoms with van der Waals surface area (Å²) in [4.78, 5) is 25.5. The molecule has 3 rings (SSSR count). The van der Waals surface area contributed by atoms with Gasteiger partial charge in [0.15, 0.2) is 5.58 Å². The molecule has 0 unspecified atom stereocenters. The Bertz CT molecular complexity index is 1140. The van der Waals surface area contributed by atoms with Crippen LogP contribution in [-0.4, -0.2) is 34.3 Å². The predicted octanol–water partition coefficient (Wildman–Crippen LogP) is 4.03. The number of anilines is 1. The molecule has 0 saturated carbocycles. The highest BCUT2D eigenvalue weighted by atomic mass is 16.5. The van der Waals surface area contributed by atoms with Crippen molar-refractivity contribution in [3.63, 3.8) is 0 Å². The molecule has 1 N–H and O–H groups in total. The molecular formula is C23H25NO7. The molecule has 0 fully saturated rings. The van der Waals surface area contributed by atoms with Gasteiger partial charge in [0, 0.05) is 12.1 Å². The summed E-state index contributed by atoms with van der Waals surface area (Å²) in [5, 5.41) is 3.41. The molecule has 8 nitrogen and oxygen atoms in total. The number of rotatable bonds is 8. The first-order chi connectivity index (χ1) is 15.0. The van der Waals surface area contributed by atoms with Gasteiger partial charge >= 0.3 is 5.63 Å². The molecule has 0 saturated heterocycles. The van der Waals surface area contributed by atoms with Crippen molar-refractivity contribution in [1.29, 1.82) is 0 Å². The van der Waals surface area contributed by atoms with Crippen LogP contribution in [0.5, 0.6) is 23.0 Å². The maximum Gasteiger partial charge on any atom is 0.336 e. The molecule has 3 aromatic rings. The van der Waals surface area contributed by atoms with Crippen molar-refractivity contribution in [2.24, 2.45) is 0 Å². The first-order valence-corrected chi connectivity index (χ1v) is 9.73. The minimum absolute atomic E-state index is 0.175. The lowest BCUT2D eigenvalue weighted by Crippen LogP contribution is -2.16. The van der Waals surface area contributed by atoms with Gasteiger partial charge in [-0.2, -0.15) is 0 Å². The Kier molecular flexibility index (Phi) is 6.69. The fourth-order valence-electron chi connectivity index (χ4n) is 3.52. The zero-order chi connectivity index (χ0) is 22.5. The Morgan fingerprint density at radius 2 is 1.55 bits per heavy atom. The van der Waals surface area contributed by atoms with Gasteiger partial charge in [0.1, 0.15) is 34.2 Å². The summed E-state index contributed by atoms with van der Waals surface area (Å²) in [6.07, 6.45) is 1.45. The van der Waals surface area contributed by atoms with Crippen molar-refractivity contribution in [3.8, 4) is 23.0 Å². The molecule has 0 atom stereocenters. The molecular weight excluding hydrogens is 402 g/mol. The second-order valence-corrected chi connectivity index (χ2v) is 6.69. The molecule has 1 aromatic heterocycles. The van der Waals surface area contributed by atoms with Gasteiger partial charge in [0.2, 0.25) is 0 Å². The monoisotopic (exact) mass is 427 g/mol. The van der Waals surface area contributed by atoms with Crippen molar-refractivity contribution < 1.29 is 28.2 Å². The first-order valence-electron chi connectivity index (χ1n) is 9.73. The van der Waals surface area contributed by atoms with Crippen molar-refractivity contribution >= 4 is 22.6 Å². The summed E-state index contributed by atoms with van der Waals surface area (Å²) in [5.41, 5.74) is 0.821. The van der Waals surface area contributed by atoms with E-state index in [1.165, 1.54) is 34.5 Å². The third kappa shape index (κ3) is 4.14. The van der Waals surface area contributed by atoms with E-state index in [0.717, 1.165) is 12.0 Å². The Morgan fingerprint density at radius 1 is 0.935 bits per heavy atom. The second-order valence-electron chi connectivity index (χ2n) is 6.69. The highest BCUT2D eigenvalue weighted by Gasteiger charge is 2.24. The summed E-state index contributed by atoms with van der Waals surface area (Å²) in [7, 11) is 5.90. The largest absolute Gasteiger partial charge is 0.496 e. The average molecular weight is 427 g/mol. The molecule has 1 heterocycles. The minimum atomic E-state index is -0.531. The lowest BCUT2D eigenvalue weighted by Gasteiger charge is -2.18. The van der Waals surface area contributed by atoms with Crippen LogP contribution >= 0.6 is 0 Å². The van der Waals surface area contributed by atoms with E-state index in [-0.39, 0.29) is 22.6 Å². The molecule has 0 spiro atoms. The number of methoxy groups -OCH3 is 4. The summed E-state index contributed by atoms with van der Waals surface area (Å²) < 4.78 is 27.2. The van der Waals surface area contributed by atoms with Crippen LogP contribution in [0.4, 0.5) is 5.69 Å². The third-order valence-electron chi connectivity index (χ3n) is 4.88. The van der Waals surface area contributed by atoms with Crippen LogP contribution in [0.1, 0.15) is 29.3 Å². The zero-order valence-electron chi connectivity index (χ0n) is 18.2. The van der Waals surface area contributed by atoms with Crippen molar-refractivity contribution in [2.45, 2.75) is 19.8 Å². The van der Waals surface area contributed by atoms with E-state index < -0.39 is 11.5 Å². The summed E-state index contributed by atoms with van der Waals surface area (Å²) in [6, 6.07) is 8.11. The Labute approximate surface area is 179 Å². The molecule has 0 radical (unpaired) electrons. The SMILES string of the molecule is CCCc1cc(=O)oc2c(NC(=O)c3c(OC)cccc3OC)c(OC)cc(OC)c12. The van der Waals surface area contributed by atoms with E-state index in [1.807, 2.05) is 6.92 Å². The quantitative estimate of drug-likeness (QED) is 0.542. The van der Waals surface area contributed by atoms with Gasteiger partial charge in [-0.05, 0) is 24.1 Å². The number of hydrogen-bond donors (Lipinski definition) is 1. The van der Waals surface area contributed by atoms with Crippen LogP contribution < -0.4 is 29.9 Å². The fourth-order valence-corrected chi connectivity index (χ4v) is 3.52. The van der Waals surface area contributed by atoms with Crippen LogP contribution in [0.25, 0.3) is 11.0 Å². The number of nitrogens with one attached hydrogen (secondary N) is 1. The lowest BCUT2D eigenvalue weighted by atomic mass is 10.0. The third-order valence-corrected chi connectivity index (χ3v) is 4.88. The molecule has 8 heteroatoms. The minimum Gasteiger partial charge on any atom is -0.496 e. The summed E-state index contributed by atoms with van der Waals surface area (Å²) >= 11 is 0. The molecule has 0 aliphatic heterocycles. The first kappa shape index (κ1) is 22.0. The number of benzene rings is 2. The van der Waals surface area contributed by atoms with Crippen LogP contribution in [0.2, 0.25) is 0 Å². The molecule has 0 aliphatic carbocycles. The standard InChI is InChI=1S/C23H25NO7/c1-6-8-13-11-18(25)31-22-19(13)16(29-4)12-17(30-5)21(22)24-23(26)20-14(27-2)9-7-10-15(20)28-3/h7,9-12H,6,8H2,1-5H3,(H,24,26). The molecule has 1 amide bonds. The van der Waals surface area contributed by atoms with E-state index in [2.05, 4.69) is 5.32 Å². The second kappa shape index (κ2) is 9.42. The summed E-state index contributed by atoms with van der Waals surface area (Å²) in [6.45, 7) is 2.01. The maximum atomic E-state index is 13.3. The molecule has 164 valence electrons. The van der Waals surface area contributed by atoms with Crippen molar-refractivity contribution in [2.75, 3.05) is 33.8 Å². The lowest BCUT2D eigenvalue weighted by molar-refractivity contribution is 0.102. The van der Waals surface area contributed by atoms with Gasteiger partial charge < -0.3 is 28.7 Å². The van der Waals surface area contributed by atoms with E-state index in [1.54, 1.807) is 24.3 Å². The van der Waals surface area contributed by atoms with E-state index in [9.17, 15) is 9.59 Å². The number of carbonyl (C=O) groups is 1. The van der Waals surface area contributed by atoms with Crippen LogP contribution in [0.15, 0.2) is 39.5 Å². The van der Waals surface area contributed by atoms with E-state index in [4.69, 9.17) is 23.4 Å². The van der Waals surface area contributed by atoms with Crippen LogP contribution in [0.3, 0.4) is 0 Å². The highest BCUT2D eigenvalue weighted by molar-refractivity contribution is 6.13. The predicted molar refractivity (Wildman–Crippen MR) is 117 cm³/mol. The smallest absolute Gasteiger partial charge is 0.336 e. The molecule has 0 bridgehead atoms. The van der Waals surface area contributed by atoms with Gasteiger partial charge in [-0.1, -0.05) is 19.4 Å². The molecule has 0 aliphatic rings. The van der Waals surface area contributed by atoms with E-state index >= 15 is 0 Å². The van der Waals surface area contributed by atoms with Gasteiger partial charge in [0.25, 0.3) is 5.91 Å². The Balaban J connectivity index is 2.26. The van der Waals surface area contributed by atoms with Gasteiger partial charge in [0.05, 0.1) is 33.8 Å². The van der Waals surface area contributed by atoms with Gasteiger partial charge in [-0.25, -0.2) is 4.79 Å². The van der Waals surface area contributed by atoms with Crippen molar-refractivity contribution in [1.82, 2.24) is 0 Å². The normalized spacial score (nSPS) is 10.6. The fraction of sp³-hybridized carbons (Fsp3) is 0.304. The number of ether oxygens (including phenoxy) is 4. The van der Waals surface area contributed by atoms with Crippen molar-refractivity contribution in [3.05, 3.63) is 51.9 Å². The summed E-state index contributed by atoms with van der Waals surface area (Å²) in [5.74, 6) is 0.918. The maximum absolute atomic E-state index is 13.3.